The number of aryl methyl sites for hydroxylation is 2. The van der Waals surface area contributed by atoms with E-state index in [1.165, 1.54) is 11.4 Å². The molecule has 31 heavy (non-hydrogen) atoms. The number of carbonyl (C=O) groups excluding carboxylic acids is 1. The van der Waals surface area contributed by atoms with Gasteiger partial charge in [-0.3, -0.25) is 4.79 Å². The van der Waals surface area contributed by atoms with Crippen LogP contribution in [0.1, 0.15) is 42.4 Å². The summed E-state index contributed by atoms with van der Waals surface area (Å²) in [4.78, 5) is 14.5. The van der Waals surface area contributed by atoms with Crippen molar-refractivity contribution in [2.24, 2.45) is 11.8 Å². The molecule has 2 aliphatic rings. The summed E-state index contributed by atoms with van der Waals surface area (Å²) in [6, 6.07) is 3.62. The first-order chi connectivity index (χ1) is 14.6. The summed E-state index contributed by atoms with van der Waals surface area (Å²) in [5.74, 6) is 0.981. The summed E-state index contributed by atoms with van der Waals surface area (Å²) >= 11 is 0. The topological polar surface area (TPSA) is 110 Å². The summed E-state index contributed by atoms with van der Waals surface area (Å²) in [5.41, 5.74) is 2.32. The largest absolute Gasteiger partial charge is 0.507 e. The van der Waals surface area contributed by atoms with Gasteiger partial charge in [0.25, 0.3) is 16.1 Å². The van der Waals surface area contributed by atoms with Crippen molar-refractivity contribution in [3.05, 3.63) is 28.8 Å². The maximum Gasteiger partial charge on any atom is 0.279 e. The molecule has 1 aromatic carbocycles. The zero-order chi connectivity index (χ0) is 22.8. The third-order valence-corrected chi connectivity index (χ3v) is 8.44. The molecule has 2 fully saturated rings. The number of likely N-dealkylation sites (tertiary alicyclic amines) is 1. The van der Waals surface area contributed by atoms with E-state index in [4.69, 9.17) is 0 Å². The second-order valence-electron chi connectivity index (χ2n) is 8.91. The number of aromatic hydroxyl groups is 1. The van der Waals surface area contributed by atoms with Gasteiger partial charge in [-0.05, 0) is 68.1 Å². The van der Waals surface area contributed by atoms with Crippen molar-refractivity contribution in [2.75, 3.05) is 33.2 Å². The van der Waals surface area contributed by atoms with E-state index < -0.39 is 16.3 Å². The van der Waals surface area contributed by atoms with Crippen molar-refractivity contribution in [2.45, 2.75) is 52.1 Å². The Morgan fingerprint density at radius 3 is 2.03 bits per heavy atom. The zero-order valence-electron chi connectivity index (χ0n) is 18.7. The molecule has 0 unspecified atom stereocenters. The molecule has 0 bridgehead atoms. The Bertz CT molecular complexity index is 865. The number of aliphatic hydroxyl groups excluding tert-OH is 1. The molecule has 2 saturated heterocycles. The molecule has 9 heteroatoms. The molecule has 2 aliphatic heterocycles. The highest BCUT2D eigenvalue weighted by atomic mass is 32.2. The Kier molecular flexibility index (Phi) is 7.62. The number of nitrogens with zero attached hydrogens (tertiary/aromatic N) is 2. The van der Waals surface area contributed by atoms with Gasteiger partial charge in [0.2, 0.25) is 0 Å². The number of piperidine rings is 2. The SMILES string of the molecule is CNS(=O)(=O)N1CCC(C2CCN(C(=O)[C@H](O)Cc3cc(C)c(O)c(C)c3)CC2)CC1. The van der Waals surface area contributed by atoms with Crippen molar-refractivity contribution in [3.8, 4) is 5.75 Å². The predicted octanol–water partition coefficient (Wildman–Crippen LogP) is 1.33. The molecule has 8 nitrogen and oxygen atoms in total. The van der Waals surface area contributed by atoms with Gasteiger partial charge in [-0.1, -0.05) is 12.1 Å². The van der Waals surface area contributed by atoms with Gasteiger partial charge in [0.15, 0.2) is 0 Å². The average Bonchev–Trinajstić information content (AvgIpc) is 2.77. The average molecular weight is 454 g/mol. The molecule has 0 aliphatic carbocycles. The van der Waals surface area contributed by atoms with E-state index in [9.17, 15) is 23.4 Å². The molecule has 0 saturated carbocycles. The van der Waals surface area contributed by atoms with Crippen molar-refractivity contribution < 1.29 is 23.4 Å². The summed E-state index contributed by atoms with van der Waals surface area (Å²) in [5, 5.41) is 20.4. The van der Waals surface area contributed by atoms with Gasteiger partial charge in [0.1, 0.15) is 11.9 Å². The summed E-state index contributed by atoms with van der Waals surface area (Å²) in [6.45, 7) is 5.95. The Hall–Kier alpha value is -1.68. The fraction of sp³-hybridized carbons (Fsp3) is 0.682. The molecule has 0 aromatic heterocycles. The molecule has 1 atom stereocenters. The predicted molar refractivity (Wildman–Crippen MR) is 119 cm³/mol. The molecular formula is C22H35N3O5S. The molecule has 174 valence electrons. The Morgan fingerprint density at radius 2 is 1.55 bits per heavy atom. The molecule has 0 spiro atoms. The van der Waals surface area contributed by atoms with Crippen molar-refractivity contribution in [3.63, 3.8) is 0 Å². The molecule has 0 radical (unpaired) electrons. The van der Waals surface area contributed by atoms with Crippen LogP contribution in [0.25, 0.3) is 0 Å². The second-order valence-corrected chi connectivity index (χ2v) is 10.8. The number of amides is 1. The van der Waals surface area contributed by atoms with E-state index in [2.05, 4.69) is 4.72 Å². The summed E-state index contributed by atoms with van der Waals surface area (Å²) in [7, 11) is -1.91. The highest BCUT2D eigenvalue weighted by Gasteiger charge is 2.34. The minimum atomic E-state index is -3.35. The maximum absolute atomic E-state index is 12.8. The van der Waals surface area contributed by atoms with Crippen LogP contribution in [0.3, 0.4) is 0 Å². The first kappa shape index (κ1) is 24.0. The first-order valence-corrected chi connectivity index (χ1v) is 12.5. The molecule has 2 heterocycles. The Labute approximate surface area is 185 Å². The van der Waals surface area contributed by atoms with Gasteiger partial charge < -0.3 is 15.1 Å². The Balaban J connectivity index is 1.49. The van der Waals surface area contributed by atoms with Gasteiger partial charge in [-0.25, -0.2) is 4.72 Å². The number of hydrogen-bond donors (Lipinski definition) is 3. The second kappa shape index (κ2) is 9.85. The number of phenolic OH excluding ortho intramolecular Hbond substituents is 1. The standard InChI is InChI=1S/C22H35N3O5S/c1-15-12-17(13-16(2)21(15)27)14-20(26)22(28)24-8-4-18(5-9-24)19-6-10-25(11-7-19)31(29,30)23-3/h12-13,18-20,23,26-27H,4-11,14H2,1-3H3/t20-/m1/s1. The van der Waals surface area contributed by atoms with Gasteiger partial charge in [-0.2, -0.15) is 12.7 Å². The third-order valence-electron chi connectivity index (χ3n) is 6.88. The number of carbonyl (C=O) groups is 1. The lowest BCUT2D eigenvalue weighted by Crippen LogP contribution is -2.48. The van der Waals surface area contributed by atoms with Gasteiger partial charge in [0.05, 0.1) is 0 Å². The minimum Gasteiger partial charge on any atom is -0.507 e. The van der Waals surface area contributed by atoms with Crippen LogP contribution >= 0.6 is 0 Å². The van der Waals surface area contributed by atoms with E-state index in [1.807, 2.05) is 26.0 Å². The maximum atomic E-state index is 12.8. The van der Waals surface area contributed by atoms with E-state index in [0.717, 1.165) is 42.4 Å². The molecule has 3 N–H and O–H groups in total. The fourth-order valence-electron chi connectivity index (χ4n) is 4.99. The molecular weight excluding hydrogens is 418 g/mol. The van der Waals surface area contributed by atoms with Crippen LogP contribution in [0.15, 0.2) is 12.1 Å². The van der Waals surface area contributed by atoms with Crippen LogP contribution < -0.4 is 4.72 Å². The Morgan fingerprint density at radius 1 is 1.06 bits per heavy atom. The first-order valence-electron chi connectivity index (χ1n) is 11.1. The van der Waals surface area contributed by atoms with E-state index in [0.29, 0.717) is 38.0 Å². The van der Waals surface area contributed by atoms with Gasteiger partial charge in [0, 0.05) is 39.6 Å². The lowest BCUT2D eigenvalue weighted by Gasteiger charge is -2.40. The monoisotopic (exact) mass is 453 g/mol. The number of nitrogens with one attached hydrogen (secondary N) is 1. The van der Waals surface area contributed by atoms with Crippen molar-refractivity contribution >= 4 is 16.1 Å². The van der Waals surface area contributed by atoms with Crippen LogP contribution in [0, 0.1) is 25.7 Å². The third kappa shape index (κ3) is 5.58. The van der Waals surface area contributed by atoms with Crippen LogP contribution in [-0.4, -0.2) is 73.1 Å². The van der Waals surface area contributed by atoms with Crippen LogP contribution in [0.2, 0.25) is 0 Å². The number of aliphatic hydroxyl groups is 1. The van der Waals surface area contributed by atoms with E-state index in [1.54, 1.807) is 4.90 Å². The van der Waals surface area contributed by atoms with Crippen LogP contribution in [-0.2, 0) is 21.4 Å². The number of hydrogen-bond acceptors (Lipinski definition) is 5. The zero-order valence-corrected chi connectivity index (χ0v) is 19.5. The van der Waals surface area contributed by atoms with Gasteiger partial charge >= 0.3 is 0 Å². The number of rotatable bonds is 6. The normalized spacial score (nSPS) is 20.7. The van der Waals surface area contributed by atoms with Crippen molar-refractivity contribution in [1.29, 1.82) is 0 Å². The minimum absolute atomic E-state index is 0.235. The highest BCUT2D eigenvalue weighted by Crippen LogP contribution is 2.33. The lowest BCUT2D eigenvalue weighted by molar-refractivity contribution is -0.141. The van der Waals surface area contributed by atoms with Crippen molar-refractivity contribution in [1.82, 2.24) is 13.9 Å². The quantitative estimate of drug-likeness (QED) is 0.602. The fourth-order valence-corrected chi connectivity index (χ4v) is 5.94. The smallest absolute Gasteiger partial charge is 0.279 e. The van der Waals surface area contributed by atoms with E-state index >= 15 is 0 Å². The highest BCUT2D eigenvalue weighted by molar-refractivity contribution is 7.87. The molecule has 1 amide bonds. The molecule has 1 aromatic rings. The number of benzene rings is 1. The van der Waals surface area contributed by atoms with Gasteiger partial charge in [-0.15, -0.1) is 0 Å². The summed E-state index contributed by atoms with van der Waals surface area (Å²) < 4.78 is 27.8. The van der Waals surface area contributed by atoms with E-state index in [-0.39, 0.29) is 18.1 Å². The lowest BCUT2D eigenvalue weighted by atomic mass is 9.79. The summed E-state index contributed by atoms with van der Waals surface area (Å²) in [6.07, 6.45) is 2.62. The molecule has 3 rings (SSSR count). The van der Waals surface area contributed by atoms with Crippen LogP contribution in [0.4, 0.5) is 0 Å². The van der Waals surface area contributed by atoms with Crippen LogP contribution in [0.5, 0.6) is 5.75 Å². The number of phenols is 1.